The highest BCUT2D eigenvalue weighted by molar-refractivity contribution is 6.09. The van der Waals surface area contributed by atoms with Crippen LogP contribution in [0.25, 0.3) is 27.6 Å². The van der Waals surface area contributed by atoms with Crippen molar-refractivity contribution in [3.63, 3.8) is 0 Å². The van der Waals surface area contributed by atoms with Crippen LogP contribution in [0.1, 0.15) is 63.8 Å². The van der Waals surface area contributed by atoms with E-state index in [1.54, 1.807) is 0 Å². The van der Waals surface area contributed by atoms with E-state index in [1.807, 2.05) is 6.20 Å². The number of hydrogen-bond donors (Lipinski definition) is 0. The zero-order valence-corrected chi connectivity index (χ0v) is 31.0. The molecule has 0 saturated carbocycles. The molecule has 3 heterocycles. The molecule has 5 aromatic carbocycles. The fourth-order valence-corrected chi connectivity index (χ4v) is 7.20. The van der Waals surface area contributed by atoms with Crippen LogP contribution in [0.5, 0.6) is 11.5 Å². The van der Waals surface area contributed by atoms with E-state index in [1.165, 1.54) is 50.1 Å². The average Bonchev–Trinajstić information content (AvgIpc) is 3.63. The smallest absolute Gasteiger partial charge is 0.137 e. The van der Waals surface area contributed by atoms with E-state index < -0.39 is 0 Å². The van der Waals surface area contributed by atoms with Gasteiger partial charge in [0.2, 0.25) is 0 Å². The van der Waals surface area contributed by atoms with Crippen LogP contribution in [-0.2, 0) is 10.8 Å². The fourth-order valence-electron chi connectivity index (χ4n) is 7.20. The molecule has 1 aliphatic rings. The number of pyridine rings is 1. The number of aryl methyl sites for hydroxylation is 2. The van der Waals surface area contributed by atoms with Gasteiger partial charge in [-0.15, -0.1) is 0 Å². The molecule has 0 atom stereocenters. The van der Waals surface area contributed by atoms with E-state index in [0.717, 1.165) is 34.0 Å². The molecule has 0 bridgehead atoms. The number of benzene rings is 5. The monoisotopic (exact) mass is 670 g/mol. The molecule has 0 aliphatic carbocycles. The van der Waals surface area contributed by atoms with Gasteiger partial charge in [-0.25, -0.2) is 4.98 Å². The summed E-state index contributed by atoms with van der Waals surface area (Å²) in [5.41, 5.74) is 11.9. The average molecular weight is 671 g/mol. The Morgan fingerprint density at radius 2 is 1.20 bits per heavy atom. The second-order valence-corrected chi connectivity index (χ2v) is 16.0. The lowest BCUT2D eigenvalue weighted by molar-refractivity contribution is 0.479. The lowest BCUT2D eigenvalue weighted by Gasteiger charge is -2.26. The first-order valence-corrected chi connectivity index (χ1v) is 17.9. The molecule has 51 heavy (non-hydrogen) atoms. The predicted octanol–water partition coefficient (Wildman–Crippen LogP) is 12.4. The first-order valence-electron chi connectivity index (χ1n) is 17.9. The molecule has 0 saturated heterocycles. The number of fused-ring (bicyclic) bond motifs is 4. The normalized spacial score (nSPS) is 13.3. The van der Waals surface area contributed by atoms with Crippen LogP contribution in [-0.4, -0.2) is 16.2 Å². The summed E-state index contributed by atoms with van der Waals surface area (Å²) < 4.78 is 9.13. The van der Waals surface area contributed by atoms with Crippen LogP contribution in [0.4, 0.5) is 22.7 Å². The Morgan fingerprint density at radius 3 is 1.90 bits per heavy atom. The highest BCUT2D eigenvalue weighted by atomic mass is 16.5. The SMILES string of the molecule is Cc1cc2c(cc1C)N(c1cc(Oc3ccc4c5ccccc5n(-c5cc(C(C)(C)C)ccn5)c4c3)cc(C(C)(C)C)c1)CN2c1ccccc1. The molecule has 1 aliphatic heterocycles. The van der Waals surface area contributed by atoms with Crippen molar-refractivity contribution < 1.29 is 4.74 Å². The summed E-state index contributed by atoms with van der Waals surface area (Å²) in [4.78, 5) is 9.70. The van der Waals surface area contributed by atoms with Gasteiger partial charge in [0.05, 0.1) is 22.4 Å². The number of ether oxygens (including phenoxy) is 1. The highest BCUT2D eigenvalue weighted by Gasteiger charge is 2.30. The number of anilines is 4. The Hall–Kier alpha value is -5.55. The molecule has 5 nitrogen and oxygen atoms in total. The zero-order chi connectivity index (χ0) is 35.7. The third-order valence-electron chi connectivity index (χ3n) is 10.3. The molecule has 0 unspecified atom stereocenters. The fraction of sp³-hybridized carbons (Fsp3) is 0.239. The van der Waals surface area contributed by atoms with Crippen molar-refractivity contribution in [2.75, 3.05) is 16.5 Å². The lowest BCUT2D eigenvalue weighted by atomic mass is 9.86. The summed E-state index contributed by atoms with van der Waals surface area (Å²) in [5, 5.41) is 2.37. The van der Waals surface area contributed by atoms with Gasteiger partial charge in [0, 0.05) is 40.5 Å². The minimum Gasteiger partial charge on any atom is -0.457 e. The van der Waals surface area contributed by atoms with Crippen molar-refractivity contribution in [2.45, 2.75) is 66.2 Å². The number of rotatable bonds is 5. The summed E-state index contributed by atoms with van der Waals surface area (Å²) in [6.07, 6.45) is 1.93. The number of aromatic nitrogens is 2. The molecule has 0 amide bonds. The van der Waals surface area contributed by atoms with Gasteiger partial charge in [-0.3, -0.25) is 4.57 Å². The summed E-state index contributed by atoms with van der Waals surface area (Å²) >= 11 is 0. The minimum absolute atomic E-state index is 0.00596. The van der Waals surface area contributed by atoms with Gasteiger partial charge in [0.15, 0.2) is 0 Å². The van der Waals surface area contributed by atoms with Crippen LogP contribution in [0.15, 0.2) is 121 Å². The quantitative estimate of drug-likeness (QED) is 0.182. The summed E-state index contributed by atoms with van der Waals surface area (Å²) in [6, 6.07) is 41.4. The van der Waals surface area contributed by atoms with Crippen LogP contribution < -0.4 is 14.5 Å². The van der Waals surface area contributed by atoms with Crippen molar-refractivity contribution in [1.29, 1.82) is 0 Å². The van der Waals surface area contributed by atoms with Crippen molar-refractivity contribution >= 4 is 44.6 Å². The number of nitrogens with zero attached hydrogens (tertiary/aromatic N) is 4. The molecule has 7 aromatic rings. The van der Waals surface area contributed by atoms with Gasteiger partial charge in [-0.05, 0) is 114 Å². The molecule has 5 heteroatoms. The Balaban J connectivity index is 1.24. The molecule has 8 rings (SSSR count). The molecule has 0 spiro atoms. The van der Waals surface area contributed by atoms with Gasteiger partial charge in [0.1, 0.15) is 24.0 Å². The molecule has 2 aromatic heterocycles. The Labute approximate surface area is 301 Å². The van der Waals surface area contributed by atoms with Crippen molar-refractivity contribution in [1.82, 2.24) is 9.55 Å². The Bertz CT molecular complexity index is 2430. The van der Waals surface area contributed by atoms with E-state index in [4.69, 9.17) is 9.72 Å². The summed E-state index contributed by atoms with van der Waals surface area (Å²) in [5.74, 6) is 2.51. The van der Waals surface area contributed by atoms with E-state index in [9.17, 15) is 0 Å². The minimum atomic E-state index is -0.0842. The van der Waals surface area contributed by atoms with Crippen molar-refractivity contribution in [2.24, 2.45) is 0 Å². The van der Waals surface area contributed by atoms with Crippen LogP contribution in [0.3, 0.4) is 0 Å². The number of hydrogen-bond acceptors (Lipinski definition) is 4. The predicted molar refractivity (Wildman–Crippen MR) is 214 cm³/mol. The number of para-hydroxylation sites is 2. The molecular formula is C46H46N4O. The third kappa shape index (κ3) is 5.91. The van der Waals surface area contributed by atoms with Gasteiger partial charge in [-0.2, -0.15) is 0 Å². The standard InChI is InChI=1S/C46H46N4O/c1-30-22-42-43(23-31(30)2)49(29-48(42)34-14-10-9-11-15-34)35-24-33(46(6,7)8)25-37(27-35)51-36-18-19-39-38-16-12-13-17-40(38)50(41(39)28-36)44-26-32(20-21-47-44)45(3,4)5/h9-28H,29H2,1-8H3. The first-order chi connectivity index (χ1) is 24.3. The summed E-state index contributed by atoms with van der Waals surface area (Å²) in [6.45, 7) is 18.6. The second-order valence-electron chi connectivity index (χ2n) is 16.0. The maximum atomic E-state index is 6.86. The highest BCUT2D eigenvalue weighted by Crippen LogP contribution is 2.47. The van der Waals surface area contributed by atoms with Crippen LogP contribution >= 0.6 is 0 Å². The summed E-state index contributed by atoms with van der Waals surface area (Å²) in [7, 11) is 0. The zero-order valence-electron chi connectivity index (χ0n) is 31.0. The topological polar surface area (TPSA) is 33.5 Å². The van der Waals surface area contributed by atoms with E-state index in [-0.39, 0.29) is 10.8 Å². The van der Waals surface area contributed by atoms with Crippen LogP contribution in [0.2, 0.25) is 0 Å². The van der Waals surface area contributed by atoms with Gasteiger partial charge in [0.25, 0.3) is 0 Å². The maximum Gasteiger partial charge on any atom is 0.137 e. The van der Waals surface area contributed by atoms with Crippen molar-refractivity contribution in [3.8, 4) is 17.3 Å². The van der Waals surface area contributed by atoms with E-state index in [0.29, 0.717) is 6.67 Å². The molecule has 0 N–H and O–H groups in total. The second kappa shape index (κ2) is 12.1. The Kier molecular flexibility index (Phi) is 7.71. The Morgan fingerprint density at radius 1 is 0.549 bits per heavy atom. The molecular weight excluding hydrogens is 625 g/mol. The van der Waals surface area contributed by atoms with Crippen molar-refractivity contribution in [3.05, 3.63) is 144 Å². The maximum absolute atomic E-state index is 6.86. The molecule has 256 valence electrons. The molecule has 0 radical (unpaired) electrons. The van der Waals surface area contributed by atoms with Gasteiger partial charge in [-0.1, -0.05) is 77.9 Å². The van der Waals surface area contributed by atoms with Gasteiger partial charge >= 0.3 is 0 Å². The third-order valence-corrected chi connectivity index (χ3v) is 10.3. The van der Waals surface area contributed by atoms with E-state index >= 15 is 0 Å². The van der Waals surface area contributed by atoms with Gasteiger partial charge < -0.3 is 14.5 Å². The largest absolute Gasteiger partial charge is 0.457 e. The first kappa shape index (κ1) is 32.6. The lowest BCUT2D eigenvalue weighted by Crippen LogP contribution is -2.24. The molecule has 0 fully saturated rings. The van der Waals surface area contributed by atoms with Crippen LogP contribution in [0, 0.1) is 13.8 Å². The van der Waals surface area contributed by atoms with E-state index in [2.05, 4.69) is 185 Å².